The number of benzene rings is 1. The summed E-state index contributed by atoms with van der Waals surface area (Å²) in [4.78, 5) is 14.7. The highest BCUT2D eigenvalue weighted by atomic mass is 16.4. The van der Waals surface area contributed by atoms with Crippen molar-refractivity contribution < 1.29 is 9.21 Å². The first-order valence-corrected chi connectivity index (χ1v) is 4.07. The average Bonchev–Trinajstić information content (AvgIpc) is 2.65. The van der Waals surface area contributed by atoms with Gasteiger partial charge in [-0.05, 0) is 0 Å². The molecule has 1 aromatic carbocycles. The number of nitrogens with zero attached hydrogens (tertiary/aromatic N) is 1. The maximum absolute atomic E-state index is 10.7. The van der Waals surface area contributed by atoms with Crippen molar-refractivity contribution in [1.82, 2.24) is 4.98 Å². The second-order valence-corrected chi connectivity index (χ2v) is 2.78. The molecule has 2 aromatic rings. The molecule has 70 valence electrons. The quantitative estimate of drug-likeness (QED) is 0.728. The maximum Gasteiger partial charge on any atom is 0.292 e. The number of carbonyl (C=O) groups excluding carboxylic acids is 1. The summed E-state index contributed by atoms with van der Waals surface area (Å²) in [5, 5.41) is 0. The predicted octanol–water partition coefficient (Wildman–Crippen LogP) is 1.74. The van der Waals surface area contributed by atoms with Crippen LogP contribution in [0.15, 0.2) is 34.9 Å². The van der Waals surface area contributed by atoms with Crippen molar-refractivity contribution >= 4 is 12.3 Å². The highest BCUT2D eigenvalue weighted by molar-refractivity contribution is 5.86. The first kappa shape index (κ1) is 8.50. The summed E-state index contributed by atoms with van der Waals surface area (Å²) in [5.41, 5.74) is 7.21. The smallest absolute Gasteiger partial charge is 0.292 e. The molecule has 14 heavy (non-hydrogen) atoms. The summed E-state index contributed by atoms with van der Waals surface area (Å²) in [6, 6.07) is 7.22. The Bertz CT molecular complexity index is 463. The summed E-state index contributed by atoms with van der Waals surface area (Å²) in [6.07, 6.45) is 2.21. The number of nitrogens with two attached hydrogens (primary N) is 1. The van der Waals surface area contributed by atoms with Gasteiger partial charge in [0.15, 0.2) is 6.29 Å². The van der Waals surface area contributed by atoms with Crippen LogP contribution in [0, 0.1) is 0 Å². The fourth-order valence-electron chi connectivity index (χ4n) is 1.24. The Morgan fingerprint density at radius 1 is 1.36 bits per heavy atom. The minimum Gasteiger partial charge on any atom is -0.432 e. The van der Waals surface area contributed by atoms with Crippen LogP contribution >= 0.6 is 0 Å². The summed E-state index contributed by atoms with van der Waals surface area (Å²) < 4.78 is 4.87. The zero-order valence-corrected chi connectivity index (χ0v) is 7.31. The largest absolute Gasteiger partial charge is 0.432 e. The van der Waals surface area contributed by atoms with E-state index >= 15 is 0 Å². The van der Waals surface area contributed by atoms with E-state index in [-0.39, 0.29) is 6.01 Å². The SMILES string of the molecule is Nc1nc(-c2ccccc2C=O)co1. The van der Waals surface area contributed by atoms with Crippen LogP contribution < -0.4 is 5.73 Å². The second-order valence-electron chi connectivity index (χ2n) is 2.78. The molecule has 4 heteroatoms. The van der Waals surface area contributed by atoms with E-state index < -0.39 is 0 Å². The van der Waals surface area contributed by atoms with E-state index in [1.54, 1.807) is 18.2 Å². The van der Waals surface area contributed by atoms with Gasteiger partial charge in [-0.1, -0.05) is 24.3 Å². The third-order valence-electron chi connectivity index (χ3n) is 1.89. The predicted molar refractivity (Wildman–Crippen MR) is 51.7 cm³/mol. The Morgan fingerprint density at radius 3 is 2.79 bits per heavy atom. The molecule has 2 N–H and O–H groups in total. The minimum atomic E-state index is 0.0979. The summed E-state index contributed by atoms with van der Waals surface area (Å²) >= 11 is 0. The number of hydrogen-bond acceptors (Lipinski definition) is 4. The lowest BCUT2D eigenvalue weighted by Gasteiger charge is -1.98. The Labute approximate surface area is 80.4 Å². The van der Waals surface area contributed by atoms with Crippen LogP contribution in [0.2, 0.25) is 0 Å². The van der Waals surface area contributed by atoms with Crippen LogP contribution in [-0.4, -0.2) is 11.3 Å². The Hall–Kier alpha value is -2.10. The molecule has 0 saturated heterocycles. The molecule has 0 spiro atoms. The third-order valence-corrected chi connectivity index (χ3v) is 1.89. The molecule has 0 aliphatic rings. The molecule has 0 bridgehead atoms. The van der Waals surface area contributed by atoms with Crippen molar-refractivity contribution in [2.24, 2.45) is 0 Å². The van der Waals surface area contributed by atoms with Crippen molar-refractivity contribution in [3.8, 4) is 11.3 Å². The zero-order chi connectivity index (χ0) is 9.97. The van der Waals surface area contributed by atoms with Crippen molar-refractivity contribution in [1.29, 1.82) is 0 Å². The average molecular weight is 188 g/mol. The number of hydrogen-bond donors (Lipinski definition) is 1. The number of aromatic nitrogens is 1. The van der Waals surface area contributed by atoms with Crippen LogP contribution in [0.1, 0.15) is 10.4 Å². The Balaban J connectivity index is 2.55. The third kappa shape index (κ3) is 1.37. The van der Waals surface area contributed by atoms with Crippen molar-refractivity contribution in [3.05, 3.63) is 36.1 Å². The fraction of sp³-hybridized carbons (Fsp3) is 0. The highest BCUT2D eigenvalue weighted by Crippen LogP contribution is 2.22. The molecular formula is C10H8N2O2. The normalized spacial score (nSPS) is 10.0. The molecule has 0 atom stereocenters. The van der Waals surface area contributed by atoms with Gasteiger partial charge in [0.05, 0.1) is 0 Å². The van der Waals surface area contributed by atoms with E-state index in [9.17, 15) is 4.79 Å². The molecule has 0 radical (unpaired) electrons. The topological polar surface area (TPSA) is 69.1 Å². The second kappa shape index (κ2) is 3.33. The van der Waals surface area contributed by atoms with E-state index in [4.69, 9.17) is 10.2 Å². The van der Waals surface area contributed by atoms with Gasteiger partial charge < -0.3 is 10.2 Å². The van der Waals surface area contributed by atoms with Gasteiger partial charge in [-0.25, -0.2) is 0 Å². The van der Waals surface area contributed by atoms with Crippen LogP contribution in [-0.2, 0) is 0 Å². The van der Waals surface area contributed by atoms with Crippen LogP contribution in [0.4, 0.5) is 6.01 Å². The number of anilines is 1. The summed E-state index contributed by atoms with van der Waals surface area (Å²) in [6.45, 7) is 0. The van der Waals surface area contributed by atoms with Crippen molar-refractivity contribution in [3.63, 3.8) is 0 Å². The molecule has 0 unspecified atom stereocenters. The van der Waals surface area contributed by atoms with E-state index in [1.165, 1.54) is 6.26 Å². The molecule has 2 rings (SSSR count). The molecule has 1 heterocycles. The Morgan fingerprint density at radius 2 is 2.14 bits per heavy atom. The number of nitrogen functional groups attached to an aromatic ring is 1. The van der Waals surface area contributed by atoms with E-state index in [0.717, 1.165) is 11.8 Å². The van der Waals surface area contributed by atoms with Gasteiger partial charge in [0, 0.05) is 11.1 Å². The molecule has 0 fully saturated rings. The van der Waals surface area contributed by atoms with Gasteiger partial charge in [0.25, 0.3) is 6.01 Å². The zero-order valence-electron chi connectivity index (χ0n) is 7.31. The monoisotopic (exact) mass is 188 g/mol. The Kier molecular flexibility index (Phi) is 2.02. The lowest BCUT2D eigenvalue weighted by Crippen LogP contribution is -1.88. The number of rotatable bonds is 2. The van der Waals surface area contributed by atoms with E-state index in [1.807, 2.05) is 6.07 Å². The first-order chi connectivity index (χ1) is 6.81. The maximum atomic E-state index is 10.7. The van der Waals surface area contributed by atoms with Gasteiger partial charge in [0.1, 0.15) is 12.0 Å². The van der Waals surface area contributed by atoms with Crippen molar-refractivity contribution in [2.75, 3.05) is 5.73 Å². The fourth-order valence-corrected chi connectivity index (χ4v) is 1.24. The van der Waals surface area contributed by atoms with Gasteiger partial charge in [-0.2, -0.15) is 4.98 Å². The van der Waals surface area contributed by atoms with Crippen molar-refractivity contribution in [2.45, 2.75) is 0 Å². The first-order valence-electron chi connectivity index (χ1n) is 4.07. The summed E-state index contributed by atoms with van der Waals surface area (Å²) in [5.74, 6) is 0. The van der Waals surface area contributed by atoms with Gasteiger partial charge in [0.2, 0.25) is 0 Å². The molecule has 0 aliphatic carbocycles. The molecular weight excluding hydrogens is 180 g/mol. The van der Waals surface area contributed by atoms with Gasteiger partial charge >= 0.3 is 0 Å². The lowest BCUT2D eigenvalue weighted by molar-refractivity contribution is 0.112. The standard InChI is InChI=1S/C10H8N2O2/c11-10-12-9(6-14-10)8-4-2-1-3-7(8)5-13/h1-6H,(H2,11,12). The molecule has 1 aromatic heterocycles. The number of carbonyl (C=O) groups is 1. The van der Waals surface area contributed by atoms with E-state index in [0.29, 0.717) is 11.3 Å². The van der Waals surface area contributed by atoms with Crippen LogP contribution in [0.5, 0.6) is 0 Å². The van der Waals surface area contributed by atoms with Gasteiger partial charge in [-0.15, -0.1) is 0 Å². The molecule has 0 saturated carbocycles. The van der Waals surface area contributed by atoms with Crippen LogP contribution in [0.3, 0.4) is 0 Å². The number of oxazole rings is 1. The molecule has 4 nitrogen and oxygen atoms in total. The van der Waals surface area contributed by atoms with Crippen LogP contribution in [0.25, 0.3) is 11.3 Å². The summed E-state index contributed by atoms with van der Waals surface area (Å²) in [7, 11) is 0. The van der Waals surface area contributed by atoms with E-state index in [2.05, 4.69) is 4.98 Å². The minimum absolute atomic E-state index is 0.0979. The lowest BCUT2D eigenvalue weighted by atomic mass is 10.1. The number of aldehydes is 1. The molecule has 0 amide bonds. The molecule has 0 aliphatic heterocycles. The van der Waals surface area contributed by atoms with Gasteiger partial charge in [-0.3, -0.25) is 4.79 Å². The highest BCUT2D eigenvalue weighted by Gasteiger charge is 2.07.